The topological polar surface area (TPSA) is 33.1 Å². The molecule has 76 valence electrons. The van der Waals surface area contributed by atoms with Crippen molar-refractivity contribution in [2.45, 2.75) is 37.7 Å². The Hall–Kier alpha value is -0.410. The summed E-state index contributed by atoms with van der Waals surface area (Å²) >= 11 is 3.29. The van der Waals surface area contributed by atoms with Crippen LogP contribution in [0.4, 0.5) is 0 Å². The lowest BCUT2D eigenvalue weighted by molar-refractivity contribution is -0.000943. The Balaban J connectivity index is 2.23. The molecular formula is C11H14BrNO. The van der Waals surface area contributed by atoms with Gasteiger partial charge in [0.05, 0.1) is 5.60 Å². The van der Waals surface area contributed by atoms with Gasteiger partial charge in [0.15, 0.2) is 0 Å². The Morgan fingerprint density at radius 2 is 1.93 bits per heavy atom. The van der Waals surface area contributed by atoms with Gasteiger partial charge in [0.1, 0.15) is 4.60 Å². The van der Waals surface area contributed by atoms with Crippen LogP contribution >= 0.6 is 15.9 Å². The summed E-state index contributed by atoms with van der Waals surface area (Å²) in [4.78, 5) is 4.16. The number of nitrogens with zero attached hydrogens (tertiary/aromatic N) is 1. The maximum absolute atomic E-state index is 10.4. The van der Waals surface area contributed by atoms with Crippen LogP contribution in [-0.4, -0.2) is 10.1 Å². The van der Waals surface area contributed by atoms with E-state index in [2.05, 4.69) is 20.9 Å². The summed E-state index contributed by atoms with van der Waals surface area (Å²) in [6.45, 7) is 0. The fraction of sp³-hybridized carbons (Fsp3) is 0.545. The standard InChI is InChI=1S/C11H14BrNO/c12-10-5-4-9(8-13-10)11(14)6-2-1-3-7-11/h4-5,8,14H,1-3,6-7H2. The smallest absolute Gasteiger partial charge is 0.106 e. The van der Waals surface area contributed by atoms with Crippen molar-refractivity contribution >= 4 is 15.9 Å². The Morgan fingerprint density at radius 1 is 1.21 bits per heavy atom. The third-order valence-electron chi connectivity index (χ3n) is 2.95. The van der Waals surface area contributed by atoms with Crippen molar-refractivity contribution in [1.82, 2.24) is 4.98 Å². The summed E-state index contributed by atoms with van der Waals surface area (Å²) in [5.41, 5.74) is 0.340. The molecule has 0 radical (unpaired) electrons. The number of hydrogen-bond donors (Lipinski definition) is 1. The minimum Gasteiger partial charge on any atom is -0.385 e. The van der Waals surface area contributed by atoms with Crippen molar-refractivity contribution in [3.8, 4) is 0 Å². The van der Waals surface area contributed by atoms with Crippen LogP contribution in [0.2, 0.25) is 0 Å². The lowest BCUT2D eigenvalue weighted by Crippen LogP contribution is -2.28. The molecule has 0 bridgehead atoms. The summed E-state index contributed by atoms with van der Waals surface area (Å²) in [5.74, 6) is 0. The monoisotopic (exact) mass is 255 g/mol. The third kappa shape index (κ3) is 1.98. The van der Waals surface area contributed by atoms with Crippen molar-refractivity contribution in [3.63, 3.8) is 0 Å². The molecular weight excluding hydrogens is 242 g/mol. The highest BCUT2D eigenvalue weighted by atomic mass is 79.9. The summed E-state index contributed by atoms with van der Waals surface area (Å²) < 4.78 is 0.820. The van der Waals surface area contributed by atoms with Gasteiger partial charge in [-0.1, -0.05) is 25.3 Å². The molecule has 14 heavy (non-hydrogen) atoms. The van der Waals surface area contributed by atoms with E-state index in [1.807, 2.05) is 12.1 Å². The molecule has 1 aromatic rings. The molecule has 0 spiro atoms. The number of hydrogen-bond acceptors (Lipinski definition) is 2. The molecule has 1 aromatic heterocycles. The maximum Gasteiger partial charge on any atom is 0.106 e. The predicted octanol–water partition coefficient (Wildman–Crippen LogP) is 3.00. The average molecular weight is 256 g/mol. The van der Waals surface area contributed by atoms with E-state index in [0.717, 1.165) is 35.8 Å². The van der Waals surface area contributed by atoms with E-state index in [-0.39, 0.29) is 0 Å². The Morgan fingerprint density at radius 3 is 2.50 bits per heavy atom. The van der Waals surface area contributed by atoms with E-state index < -0.39 is 5.60 Å². The molecule has 1 fully saturated rings. The zero-order chi connectivity index (χ0) is 10.0. The first-order valence-electron chi connectivity index (χ1n) is 5.05. The van der Waals surface area contributed by atoms with Crippen molar-refractivity contribution in [2.24, 2.45) is 0 Å². The molecule has 0 unspecified atom stereocenters. The molecule has 1 saturated carbocycles. The fourth-order valence-corrected chi connectivity index (χ4v) is 2.31. The van der Waals surface area contributed by atoms with Crippen molar-refractivity contribution in [3.05, 3.63) is 28.5 Å². The molecule has 3 heteroatoms. The number of pyridine rings is 1. The number of halogens is 1. The van der Waals surface area contributed by atoms with Gasteiger partial charge in [-0.15, -0.1) is 0 Å². The van der Waals surface area contributed by atoms with Crippen LogP contribution in [0.25, 0.3) is 0 Å². The minimum absolute atomic E-state index is 0.619. The lowest BCUT2D eigenvalue weighted by atomic mass is 9.80. The fourth-order valence-electron chi connectivity index (χ4n) is 2.08. The molecule has 2 rings (SSSR count). The predicted molar refractivity (Wildman–Crippen MR) is 58.9 cm³/mol. The maximum atomic E-state index is 10.4. The lowest BCUT2D eigenvalue weighted by Gasteiger charge is -2.32. The molecule has 0 aromatic carbocycles. The molecule has 0 aliphatic heterocycles. The zero-order valence-electron chi connectivity index (χ0n) is 8.04. The molecule has 0 amide bonds. The van der Waals surface area contributed by atoms with Gasteiger partial charge in [-0.2, -0.15) is 0 Å². The van der Waals surface area contributed by atoms with Gasteiger partial charge in [0.2, 0.25) is 0 Å². The highest BCUT2D eigenvalue weighted by Gasteiger charge is 2.31. The minimum atomic E-state index is -0.619. The SMILES string of the molecule is OC1(c2ccc(Br)nc2)CCCCC1. The third-order valence-corrected chi connectivity index (χ3v) is 3.41. The molecule has 1 N–H and O–H groups in total. The first kappa shape index (κ1) is 10.1. The molecule has 2 nitrogen and oxygen atoms in total. The van der Waals surface area contributed by atoms with Gasteiger partial charge in [-0.05, 0) is 34.8 Å². The molecule has 1 aliphatic rings. The Labute approximate surface area is 92.5 Å². The largest absolute Gasteiger partial charge is 0.385 e. The Bertz CT molecular complexity index is 304. The van der Waals surface area contributed by atoms with Crippen LogP contribution < -0.4 is 0 Å². The molecule has 0 atom stereocenters. The van der Waals surface area contributed by atoms with Crippen LogP contribution in [0.1, 0.15) is 37.7 Å². The van der Waals surface area contributed by atoms with Gasteiger partial charge >= 0.3 is 0 Å². The van der Waals surface area contributed by atoms with Gasteiger partial charge in [-0.3, -0.25) is 0 Å². The highest BCUT2D eigenvalue weighted by molar-refractivity contribution is 9.10. The van der Waals surface area contributed by atoms with E-state index in [0.29, 0.717) is 0 Å². The second-order valence-electron chi connectivity index (χ2n) is 3.96. The van der Waals surface area contributed by atoms with Crippen molar-refractivity contribution < 1.29 is 5.11 Å². The van der Waals surface area contributed by atoms with E-state index in [9.17, 15) is 5.11 Å². The number of rotatable bonds is 1. The van der Waals surface area contributed by atoms with E-state index in [1.165, 1.54) is 6.42 Å². The van der Waals surface area contributed by atoms with E-state index >= 15 is 0 Å². The average Bonchev–Trinajstić information content (AvgIpc) is 2.19. The van der Waals surface area contributed by atoms with Gasteiger partial charge < -0.3 is 5.11 Å². The van der Waals surface area contributed by atoms with Crippen LogP contribution in [0.3, 0.4) is 0 Å². The first-order chi connectivity index (χ1) is 6.71. The van der Waals surface area contributed by atoms with Crippen LogP contribution in [0, 0.1) is 0 Å². The summed E-state index contributed by atoms with van der Waals surface area (Å²) in [6, 6.07) is 3.85. The number of aliphatic hydroxyl groups is 1. The van der Waals surface area contributed by atoms with E-state index in [1.54, 1.807) is 6.20 Å². The van der Waals surface area contributed by atoms with Crippen LogP contribution in [0.15, 0.2) is 22.9 Å². The van der Waals surface area contributed by atoms with Crippen molar-refractivity contribution in [2.75, 3.05) is 0 Å². The van der Waals surface area contributed by atoms with Gasteiger partial charge in [-0.25, -0.2) is 4.98 Å². The van der Waals surface area contributed by atoms with E-state index in [4.69, 9.17) is 0 Å². The second-order valence-corrected chi connectivity index (χ2v) is 4.77. The summed E-state index contributed by atoms with van der Waals surface area (Å²) in [7, 11) is 0. The highest BCUT2D eigenvalue weighted by Crippen LogP contribution is 2.36. The summed E-state index contributed by atoms with van der Waals surface area (Å²) in [5, 5.41) is 10.4. The van der Waals surface area contributed by atoms with Gasteiger partial charge in [0.25, 0.3) is 0 Å². The summed E-state index contributed by atoms with van der Waals surface area (Å²) in [6.07, 6.45) is 6.99. The van der Waals surface area contributed by atoms with Gasteiger partial charge in [0, 0.05) is 11.8 Å². The zero-order valence-corrected chi connectivity index (χ0v) is 9.63. The first-order valence-corrected chi connectivity index (χ1v) is 5.84. The van der Waals surface area contributed by atoms with Crippen LogP contribution in [0.5, 0.6) is 0 Å². The molecule has 0 saturated heterocycles. The normalized spacial score (nSPS) is 20.7. The van der Waals surface area contributed by atoms with Crippen molar-refractivity contribution in [1.29, 1.82) is 0 Å². The number of aromatic nitrogens is 1. The Kier molecular flexibility index (Phi) is 2.88. The van der Waals surface area contributed by atoms with Crippen LogP contribution in [-0.2, 0) is 5.60 Å². The molecule has 1 aliphatic carbocycles. The molecule has 1 heterocycles. The quantitative estimate of drug-likeness (QED) is 0.783. The second kappa shape index (κ2) is 3.99.